The van der Waals surface area contributed by atoms with Crippen molar-refractivity contribution in [3.8, 4) is 11.6 Å². The first kappa shape index (κ1) is 13.6. The van der Waals surface area contributed by atoms with Crippen molar-refractivity contribution >= 4 is 5.91 Å². The lowest BCUT2D eigenvalue weighted by atomic mass is 10.2. The first-order valence-corrected chi connectivity index (χ1v) is 6.78. The second-order valence-electron chi connectivity index (χ2n) is 4.58. The molecular formula is C13H15N5O3. The Hall–Kier alpha value is -2.35. The van der Waals surface area contributed by atoms with Crippen molar-refractivity contribution in [3.63, 3.8) is 0 Å². The lowest BCUT2D eigenvalue weighted by Gasteiger charge is -2.30. The van der Waals surface area contributed by atoms with E-state index in [0.29, 0.717) is 43.7 Å². The molecule has 0 aliphatic carbocycles. The van der Waals surface area contributed by atoms with Gasteiger partial charge in [0.25, 0.3) is 5.89 Å². The summed E-state index contributed by atoms with van der Waals surface area (Å²) in [5, 5.41) is 3.86. The third-order valence-corrected chi connectivity index (χ3v) is 3.20. The monoisotopic (exact) mass is 289 g/mol. The van der Waals surface area contributed by atoms with Crippen molar-refractivity contribution in [2.75, 3.05) is 19.7 Å². The van der Waals surface area contributed by atoms with Crippen LogP contribution in [0, 0.1) is 0 Å². The van der Waals surface area contributed by atoms with Gasteiger partial charge in [0, 0.05) is 25.4 Å². The maximum absolute atomic E-state index is 11.8. The Morgan fingerprint density at radius 3 is 2.95 bits per heavy atom. The van der Waals surface area contributed by atoms with Crippen LogP contribution in [0.1, 0.15) is 25.3 Å². The van der Waals surface area contributed by atoms with E-state index in [1.807, 2.05) is 6.92 Å². The van der Waals surface area contributed by atoms with E-state index in [2.05, 4.69) is 20.1 Å². The molecule has 0 radical (unpaired) electrons. The molecule has 1 unspecified atom stereocenters. The molecule has 21 heavy (non-hydrogen) atoms. The number of ether oxygens (including phenoxy) is 1. The van der Waals surface area contributed by atoms with Crippen LogP contribution >= 0.6 is 0 Å². The highest BCUT2D eigenvalue weighted by molar-refractivity contribution is 5.75. The summed E-state index contributed by atoms with van der Waals surface area (Å²) < 4.78 is 10.8. The molecule has 8 heteroatoms. The fourth-order valence-corrected chi connectivity index (χ4v) is 2.12. The van der Waals surface area contributed by atoms with Crippen molar-refractivity contribution in [3.05, 3.63) is 24.4 Å². The van der Waals surface area contributed by atoms with Gasteiger partial charge in [-0.2, -0.15) is 4.98 Å². The van der Waals surface area contributed by atoms with Gasteiger partial charge in [0.15, 0.2) is 6.10 Å². The minimum Gasteiger partial charge on any atom is -0.365 e. The molecule has 110 valence electrons. The van der Waals surface area contributed by atoms with Gasteiger partial charge >= 0.3 is 0 Å². The van der Waals surface area contributed by atoms with E-state index in [9.17, 15) is 4.79 Å². The summed E-state index contributed by atoms with van der Waals surface area (Å²) in [5.41, 5.74) is 0. The smallest absolute Gasteiger partial charge is 0.258 e. The second kappa shape index (κ2) is 5.96. The fourth-order valence-electron chi connectivity index (χ4n) is 2.12. The normalized spacial score (nSPS) is 18.7. The van der Waals surface area contributed by atoms with E-state index < -0.39 is 6.10 Å². The number of rotatable bonds is 3. The Bertz CT molecular complexity index is 615. The van der Waals surface area contributed by atoms with Gasteiger partial charge in [-0.25, -0.2) is 9.97 Å². The Labute approximate surface area is 121 Å². The summed E-state index contributed by atoms with van der Waals surface area (Å²) >= 11 is 0. The predicted molar refractivity (Wildman–Crippen MR) is 70.9 cm³/mol. The van der Waals surface area contributed by atoms with Crippen LogP contribution in [0.25, 0.3) is 11.6 Å². The summed E-state index contributed by atoms with van der Waals surface area (Å²) in [7, 11) is 0. The zero-order valence-electron chi connectivity index (χ0n) is 11.6. The molecule has 2 aromatic heterocycles. The van der Waals surface area contributed by atoms with Crippen molar-refractivity contribution in [1.82, 2.24) is 25.0 Å². The lowest BCUT2D eigenvalue weighted by molar-refractivity contribution is -0.139. The maximum atomic E-state index is 11.8. The van der Waals surface area contributed by atoms with Gasteiger partial charge in [-0.1, -0.05) is 12.1 Å². The lowest BCUT2D eigenvalue weighted by Crippen LogP contribution is -2.42. The van der Waals surface area contributed by atoms with Crippen LogP contribution in [0.5, 0.6) is 0 Å². The third kappa shape index (κ3) is 2.89. The number of aromatic nitrogens is 4. The van der Waals surface area contributed by atoms with Crippen LogP contribution in [0.2, 0.25) is 0 Å². The van der Waals surface area contributed by atoms with E-state index in [1.165, 1.54) is 0 Å². The molecule has 3 heterocycles. The molecule has 1 aliphatic rings. The van der Waals surface area contributed by atoms with Gasteiger partial charge in [0.2, 0.25) is 17.6 Å². The van der Waals surface area contributed by atoms with Crippen LogP contribution in [0.15, 0.2) is 23.0 Å². The molecule has 1 saturated heterocycles. The molecule has 1 fully saturated rings. The second-order valence-corrected chi connectivity index (χ2v) is 4.58. The van der Waals surface area contributed by atoms with Crippen LogP contribution in [0.4, 0.5) is 0 Å². The molecule has 0 spiro atoms. The summed E-state index contributed by atoms with van der Waals surface area (Å²) in [5.74, 6) is 1.14. The highest BCUT2D eigenvalue weighted by atomic mass is 16.5. The average molecular weight is 289 g/mol. The Balaban J connectivity index is 1.75. The fraction of sp³-hybridized carbons (Fsp3) is 0.462. The Kier molecular flexibility index (Phi) is 3.87. The highest BCUT2D eigenvalue weighted by Gasteiger charge is 2.29. The van der Waals surface area contributed by atoms with Crippen molar-refractivity contribution < 1.29 is 14.1 Å². The first-order chi connectivity index (χ1) is 10.3. The molecule has 0 aromatic carbocycles. The largest absolute Gasteiger partial charge is 0.365 e. The summed E-state index contributed by atoms with van der Waals surface area (Å²) in [6.07, 6.45) is 3.28. The molecule has 1 amide bonds. The van der Waals surface area contributed by atoms with Gasteiger partial charge in [-0.05, 0) is 6.07 Å². The van der Waals surface area contributed by atoms with E-state index in [4.69, 9.17) is 9.26 Å². The maximum Gasteiger partial charge on any atom is 0.258 e. The molecule has 3 rings (SSSR count). The van der Waals surface area contributed by atoms with E-state index in [1.54, 1.807) is 23.4 Å². The van der Waals surface area contributed by atoms with Gasteiger partial charge in [0.1, 0.15) is 0 Å². The number of hydrogen-bond acceptors (Lipinski definition) is 7. The minimum atomic E-state index is -0.404. The van der Waals surface area contributed by atoms with E-state index in [-0.39, 0.29) is 5.91 Å². The number of hydrogen-bond donors (Lipinski definition) is 0. The summed E-state index contributed by atoms with van der Waals surface area (Å²) in [6, 6.07) is 1.71. The van der Waals surface area contributed by atoms with E-state index >= 15 is 0 Å². The van der Waals surface area contributed by atoms with Crippen molar-refractivity contribution in [1.29, 1.82) is 0 Å². The molecular weight excluding hydrogens is 274 g/mol. The standard InChI is InChI=1S/C13H15N5O3/c1-2-10(19)18-6-7-20-9(8-18)13-16-12(17-21-13)11-14-4-3-5-15-11/h3-5,9H,2,6-8H2,1H3. The SMILES string of the molecule is CCC(=O)N1CCOC(c2nc(-c3ncccn3)no2)C1. The minimum absolute atomic E-state index is 0.0921. The van der Waals surface area contributed by atoms with Gasteiger partial charge in [-0.3, -0.25) is 4.79 Å². The molecule has 2 aromatic rings. The van der Waals surface area contributed by atoms with Crippen molar-refractivity contribution in [2.24, 2.45) is 0 Å². The Morgan fingerprint density at radius 1 is 1.38 bits per heavy atom. The van der Waals surface area contributed by atoms with E-state index in [0.717, 1.165) is 0 Å². The number of carbonyl (C=O) groups excluding carboxylic acids is 1. The molecule has 0 bridgehead atoms. The van der Waals surface area contributed by atoms with Crippen molar-refractivity contribution in [2.45, 2.75) is 19.4 Å². The Morgan fingerprint density at radius 2 is 2.19 bits per heavy atom. The van der Waals surface area contributed by atoms with Crippen LogP contribution in [0.3, 0.4) is 0 Å². The molecule has 0 N–H and O–H groups in total. The zero-order valence-corrected chi connectivity index (χ0v) is 11.6. The van der Waals surface area contributed by atoms with Crippen LogP contribution < -0.4 is 0 Å². The predicted octanol–water partition coefficient (Wildman–Crippen LogP) is 0.836. The highest BCUT2D eigenvalue weighted by Crippen LogP contribution is 2.22. The third-order valence-electron chi connectivity index (χ3n) is 3.20. The molecule has 0 saturated carbocycles. The number of nitrogens with zero attached hydrogens (tertiary/aromatic N) is 5. The molecule has 1 aliphatic heterocycles. The van der Waals surface area contributed by atoms with Crippen LogP contribution in [-0.2, 0) is 9.53 Å². The number of carbonyl (C=O) groups is 1. The van der Waals surface area contributed by atoms with Gasteiger partial charge in [-0.15, -0.1) is 0 Å². The summed E-state index contributed by atoms with van der Waals surface area (Å²) in [6.45, 7) is 3.30. The van der Waals surface area contributed by atoms with Gasteiger partial charge < -0.3 is 14.2 Å². The quantitative estimate of drug-likeness (QED) is 0.826. The van der Waals surface area contributed by atoms with Crippen LogP contribution in [-0.4, -0.2) is 50.6 Å². The first-order valence-electron chi connectivity index (χ1n) is 6.78. The average Bonchev–Trinajstić information content (AvgIpc) is 3.05. The topological polar surface area (TPSA) is 94.2 Å². The molecule has 1 atom stereocenters. The number of morpholine rings is 1. The summed E-state index contributed by atoms with van der Waals surface area (Å²) in [4.78, 5) is 25.9. The zero-order chi connectivity index (χ0) is 14.7. The number of amides is 1. The van der Waals surface area contributed by atoms with Gasteiger partial charge in [0.05, 0.1) is 13.2 Å². The molecule has 8 nitrogen and oxygen atoms in total.